The van der Waals surface area contributed by atoms with Gasteiger partial charge in [0.05, 0.1) is 27.3 Å². The number of aromatic nitrogens is 1. The first-order chi connectivity index (χ1) is 16.3. The molecule has 3 aromatic rings. The molecular weight excluding hydrogens is 470 g/mol. The Labute approximate surface area is 202 Å². The van der Waals surface area contributed by atoms with Crippen LogP contribution in [0.2, 0.25) is 0 Å². The highest BCUT2D eigenvalue weighted by molar-refractivity contribution is 7.89. The van der Waals surface area contributed by atoms with Gasteiger partial charge in [-0.25, -0.2) is 8.42 Å². The summed E-state index contributed by atoms with van der Waals surface area (Å²) in [5.74, 6) is -0.490. The van der Waals surface area contributed by atoms with E-state index in [-0.39, 0.29) is 36.4 Å². The maximum atomic E-state index is 12.9. The lowest BCUT2D eigenvalue weighted by Gasteiger charge is -2.20. The number of hydrogen-bond acceptors (Lipinski definition) is 6. The quantitative estimate of drug-likeness (QED) is 0.421. The van der Waals surface area contributed by atoms with Crippen molar-refractivity contribution in [2.75, 3.05) is 13.1 Å². The summed E-state index contributed by atoms with van der Waals surface area (Å²) in [4.78, 5) is 17.7. The van der Waals surface area contributed by atoms with E-state index in [1.807, 2.05) is 41.8 Å². The maximum absolute atomic E-state index is 12.9. The van der Waals surface area contributed by atoms with Gasteiger partial charge < -0.3 is 4.57 Å². The third-order valence-electron chi connectivity index (χ3n) is 5.03. The summed E-state index contributed by atoms with van der Waals surface area (Å²) in [6.07, 6.45) is 1.76. The topological polar surface area (TPSA) is 119 Å². The van der Waals surface area contributed by atoms with Crippen molar-refractivity contribution >= 4 is 37.5 Å². The van der Waals surface area contributed by atoms with Gasteiger partial charge in [-0.2, -0.15) is 19.8 Å². The summed E-state index contributed by atoms with van der Waals surface area (Å²) in [5.41, 5.74) is 2.31. The van der Waals surface area contributed by atoms with Crippen LogP contribution in [0.15, 0.2) is 65.0 Å². The van der Waals surface area contributed by atoms with Crippen LogP contribution in [0, 0.1) is 29.6 Å². The standard InChI is InChI=1S/C24H23N5O3S2/c1-3-14-29-21-11-6-18(2)17-22(21)33-24(29)27-23(30)19-7-9-20(10-8-19)34(31,32)28(15-4-12-25)16-5-13-26/h3,6-11,17H,1,4-5,14-16H2,2H3. The van der Waals surface area contributed by atoms with Crippen LogP contribution >= 0.6 is 11.3 Å². The second-order valence-corrected chi connectivity index (χ2v) is 10.4. The number of rotatable bonds is 9. The third-order valence-corrected chi connectivity index (χ3v) is 7.99. The average molecular weight is 494 g/mol. The monoisotopic (exact) mass is 493 g/mol. The number of amides is 1. The molecule has 10 heteroatoms. The number of benzene rings is 2. The molecule has 0 saturated carbocycles. The molecule has 3 rings (SSSR count). The number of thiazole rings is 1. The number of nitrogens with zero attached hydrogens (tertiary/aromatic N) is 5. The van der Waals surface area contributed by atoms with Crippen molar-refractivity contribution in [1.29, 1.82) is 10.5 Å². The Hall–Kier alpha value is -3.57. The molecule has 1 heterocycles. The number of sulfonamides is 1. The van der Waals surface area contributed by atoms with E-state index in [1.54, 1.807) is 6.08 Å². The van der Waals surface area contributed by atoms with Gasteiger partial charge in [-0.05, 0) is 48.9 Å². The Morgan fingerprint density at radius 3 is 2.38 bits per heavy atom. The Morgan fingerprint density at radius 2 is 1.79 bits per heavy atom. The van der Waals surface area contributed by atoms with Gasteiger partial charge in [-0.3, -0.25) is 4.79 Å². The van der Waals surface area contributed by atoms with Gasteiger partial charge in [0.1, 0.15) is 0 Å². The summed E-state index contributed by atoms with van der Waals surface area (Å²) in [7, 11) is -3.91. The second kappa shape index (κ2) is 11.0. The van der Waals surface area contributed by atoms with Crippen LogP contribution in [-0.4, -0.2) is 36.3 Å². The predicted molar refractivity (Wildman–Crippen MR) is 130 cm³/mol. The average Bonchev–Trinajstić information content (AvgIpc) is 3.15. The summed E-state index contributed by atoms with van der Waals surface area (Å²) in [5, 5.41) is 17.6. The molecule has 0 aliphatic heterocycles. The summed E-state index contributed by atoms with van der Waals surface area (Å²) in [6, 6.07) is 15.4. The smallest absolute Gasteiger partial charge is 0.279 e. The first-order valence-electron chi connectivity index (χ1n) is 10.5. The van der Waals surface area contributed by atoms with Gasteiger partial charge in [-0.15, -0.1) is 6.58 Å². The van der Waals surface area contributed by atoms with Gasteiger partial charge in [0.2, 0.25) is 10.0 Å². The summed E-state index contributed by atoms with van der Waals surface area (Å²) in [6.45, 7) is 6.26. The molecule has 0 spiro atoms. The van der Waals surface area contributed by atoms with E-state index in [2.05, 4.69) is 11.6 Å². The second-order valence-electron chi connectivity index (χ2n) is 7.42. The van der Waals surface area contributed by atoms with Gasteiger partial charge in [-0.1, -0.05) is 23.5 Å². The van der Waals surface area contributed by atoms with E-state index in [1.165, 1.54) is 35.6 Å². The molecule has 0 unspecified atom stereocenters. The number of hydrogen-bond donors (Lipinski definition) is 0. The fraction of sp³-hybridized carbons (Fsp3) is 0.250. The van der Waals surface area contributed by atoms with E-state index in [0.717, 1.165) is 20.1 Å². The van der Waals surface area contributed by atoms with Gasteiger partial charge in [0.15, 0.2) is 4.80 Å². The van der Waals surface area contributed by atoms with Crippen LogP contribution in [0.1, 0.15) is 28.8 Å². The van der Waals surface area contributed by atoms with Crippen LogP contribution in [0.25, 0.3) is 10.2 Å². The zero-order chi connectivity index (χ0) is 24.7. The number of aryl methyl sites for hydroxylation is 1. The van der Waals surface area contributed by atoms with E-state index >= 15 is 0 Å². The minimum atomic E-state index is -3.91. The zero-order valence-electron chi connectivity index (χ0n) is 18.6. The molecular formula is C24H23N5O3S2. The lowest BCUT2D eigenvalue weighted by molar-refractivity contribution is 0.0997. The molecule has 174 valence electrons. The normalized spacial score (nSPS) is 11.9. The van der Waals surface area contributed by atoms with Crippen molar-refractivity contribution in [1.82, 2.24) is 8.87 Å². The molecule has 0 N–H and O–H groups in total. The van der Waals surface area contributed by atoms with Crippen molar-refractivity contribution in [3.8, 4) is 12.1 Å². The molecule has 0 aliphatic carbocycles. The first-order valence-corrected chi connectivity index (χ1v) is 12.7. The van der Waals surface area contributed by atoms with Gasteiger partial charge in [0, 0.05) is 38.0 Å². The van der Waals surface area contributed by atoms with Crippen molar-refractivity contribution < 1.29 is 13.2 Å². The fourth-order valence-corrected chi connectivity index (χ4v) is 5.92. The molecule has 8 nitrogen and oxygen atoms in total. The number of allylic oxidation sites excluding steroid dienone is 1. The van der Waals surface area contributed by atoms with Crippen LogP contribution < -0.4 is 4.80 Å². The van der Waals surface area contributed by atoms with Crippen LogP contribution in [0.4, 0.5) is 0 Å². The highest BCUT2D eigenvalue weighted by atomic mass is 32.2. The number of fused-ring (bicyclic) bond motifs is 1. The van der Waals surface area contributed by atoms with E-state index in [9.17, 15) is 13.2 Å². The molecule has 0 saturated heterocycles. The lowest BCUT2D eigenvalue weighted by Crippen LogP contribution is -2.32. The Bertz CT molecular complexity index is 1450. The zero-order valence-corrected chi connectivity index (χ0v) is 20.3. The molecule has 1 amide bonds. The number of nitriles is 2. The van der Waals surface area contributed by atoms with Crippen molar-refractivity contribution in [2.45, 2.75) is 31.2 Å². The lowest BCUT2D eigenvalue weighted by atomic mass is 10.2. The Morgan fingerprint density at radius 1 is 1.15 bits per heavy atom. The van der Waals surface area contributed by atoms with E-state index in [0.29, 0.717) is 11.3 Å². The highest BCUT2D eigenvalue weighted by Crippen LogP contribution is 2.20. The number of carbonyl (C=O) groups is 1. The summed E-state index contributed by atoms with van der Waals surface area (Å²) < 4.78 is 29.9. The van der Waals surface area contributed by atoms with Crippen molar-refractivity contribution in [2.24, 2.45) is 4.99 Å². The first kappa shape index (κ1) is 25.1. The molecule has 0 atom stereocenters. The molecule has 0 aliphatic rings. The maximum Gasteiger partial charge on any atom is 0.279 e. The highest BCUT2D eigenvalue weighted by Gasteiger charge is 2.24. The van der Waals surface area contributed by atoms with Crippen LogP contribution in [0.5, 0.6) is 0 Å². The predicted octanol–water partition coefficient (Wildman–Crippen LogP) is 3.76. The summed E-state index contributed by atoms with van der Waals surface area (Å²) >= 11 is 1.40. The number of carbonyl (C=O) groups excluding carboxylic acids is 1. The van der Waals surface area contributed by atoms with Gasteiger partial charge in [0.25, 0.3) is 5.91 Å². The molecule has 0 fully saturated rings. The van der Waals surface area contributed by atoms with Crippen LogP contribution in [-0.2, 0) is 16.6 Å². The molecule has 34 heavy (non-hydrogen) atoms. The van der Waals surface area contributed by atoms with Gasteiger partial charge >= 0.3 is 0 Å². The molecule has 0 bridgehead atoms. The van der Waals surface area contributed by atoms with E-state index in [4.69, 9.17) is 10.5 Å². The van der Waals surface area contributed by atoms with E-state index < -0.39 is 15.9 Å². The molecule has 1 aromatic heterocycles. The Balaban J connectivity index is 1.93. The van der Waals surface area contributed by atoms with Crippen molar-refractivity contribution in [3.05, 3.63) is 71.0 Å². The Kier molecular flexibility index (Phi) is 8.13. The minimum absolute atomic E-state index is 0.00869. The largest absolute Gasteiger partial charge is 0.312 e. The molecule has 2 aromatic carbocycles. The van der Waals surface area contributed by atoms with Crippen LogP contribution in [0.3, 0.4) is 0 Å². The fourth-order valence-electron chi connectivity index (χ4n) is 3.34. The third kappa shape index (κ3) is 5.49. The van der Waals surface area contributed by atoms with Crippen molar-refractivity contribution in [3.63, 3.8) is 0 Å². The minimum Gasteiger partial charge on any atom is -0.312 e. The molecule has 0 radical (unpaired) electrons. The SMILES string of the molecule is C=CCn1c(=NC(=O)c2ccc(S(=O)(=O)N(CCC#N)CCC#N)cc2)sc2cc(C)ccc21.